The molecule has 6 heteroatoms. The zero-order valence-electron chi connectivity index (χ0n) is 18.6. The van der Waals surface area contributed by atoms with E-state index in [-0.39, 0.29) is 22.9 Å². The minimum atomic E-state index is -0.150. The van der Waals surface area contributed by atoms with Gasteiger partial charge in [0.15, 0.2) is 17.5 Å². The van der Waals surface area contributed by atoms with Crippen LogP contribution in [-0.2, 0) is 0 Å². The van der Waals surface area contributed by atoms with Crippen molar-refractivity contribution in [2.75, 3.05) is 6.61 Å². The Kier molecular flexibility index (Phi) is 7.15. The fraction of sp³-hybridized carbons (Fsp3) is 0.222. The minimum absolute atomic E-state index is 0.144. The highest BCUT2D eigenvalue weighted by Crippen LogP contribution is 2.40. The van der Waals surface area contributed by atoms with Gasteiger partial charge in [0.25, 0.3) is 0 Å². The highest BCUT2D eigenvalue weighted by molar-refractivity contribution is 5.75. The van der Waals surface area contributed by atoms with Crippen molar-refractivity contribution in [1.29, 1.82) is 0 Å². The van der Waals surface area contributed by atoms with E-state index < -0.39 is 0 Å². The predicted molar refractivity (Wildman–Crippen MR) is 129 cm³/mol. The van der Waals surface area contributed by atoms with Gasteiger partial charge in [0.2, 0.25) is 0 Å². The van der Waals surface area contributed by atoms with E-state index in [1.165, 1.54) is 12.1 Å². The highest BCUT2D eigenvalue weighted by Gasteiger charge is 2.19. The number of rotatable bonds is 9. The Morgan fingerprint density at radius 2 is 1.18 bits per heavy atom. The number of aromatic nitrogens is 3. The van der Waals surface area contributed by atoms with Crippen LogP contribution in [0.4, 0.5) is 0 Å². The Morgan fingerprint density at radius 3 is 1.70 bits per heavy atom. The first kappa shape index (κ1) is 22.3. The summed E-state index contributed by atoms with van der Waals surface area (Å²) in [6.45, 7) is 2.68. The summed E-state index contributed by atoms with van der Waals surface area (Å²) < 4.78 is 5.72. The summed E-state index contributed by atoms with van der Waals surface area (Å²) in [6.07, 6.45) is 4.32. The lowest BCUT2D eigenvalue weighted by molar-refractivity contribution is 0.301. The smallest absolute Gasteiger partial charge is 0.171 e. The third-order valence-electron chi connectivity index (χ3n) is 5.26. The predicted octanol–water partition coefficient (Wildman–Crippen LogP) is 6.24. The maximum atomic E-state index is 10.7. The largest absolute Gasteiger partial charge is 0.507 e. The van der Waals surface area contributed by atoms with Crippen LogP contribution in [0.15, 0.2) is 72.8 Å². The van der Waals surface area contributed by atoms with E-state index in [1.54, 1.807) is 0 Å². The molecule has 6 nitrogen and oxygen atoms in total. The number of aromatic hydroxyl groups is 2. The van der Waals surface area contributed by atoms with E-state index in [2.05, 4.69) is 21.9 Å². The number of unbranched alkanes of at least 4 members (excludes halogenated alkanes) is 3. The van der Waals surface area contributed by atoms with Crippen LogP contribution in [0.2, 0.25) is 0 Å². The Hall–Kier alpha value is -3.93. The first-order valence-corrected chi connectivity index (χ1v) is 11.2. The molecule has 2 N–H and O–H groups in total. The fourth-order valence-electron chi connectivity index (χ4n) is 3.54. The van der Waals surface area contributed by atoms with Gasteiger partial charge in [-0.3, -0.25) is 0 Å². The summed E-state index contributed by atoms with van der Waals surface area (Å²) in [6, 6.07) is 22.1. The maximum Gasteiger partial charge on any atom is 0.171 e. The van der Waals surface area contributed by atoms with Crippen LogP contribution >= 0.6 is 0 Å². The van der Waals surface area contributed by atoms with Gasteiger partial charge in [0.05, 0.1) is 6.61 Å². The standard InChI is InChI=1S/C27H27N3O3/c1-2-3-4-11-16-33-21-17-22(31)24(23(32)18-21)27-29-25(19-12-7-5-8-13-19)28-26(30-27)20-14-9-6-10-15-20/h5-10,12-15,17-18,31-32H,2-4,11,16H2,1H3. The zero-order chi connectivity index (χ0) is 23.0. The Balaban J connectivity index is 1.72. The summed E-state index contributed by atoms with van der Waals surface area (Å²) >= 11 is 0. The molecule has 0 unspecified atom stereocenters. The molecule has 1 aromatic heterocycles. The topological polar surface area (TPSA) is 88.4 Å². The van der Waals surface area contributed by atoms with Gasteiger partial charge in [-0.25, -0.2) is 15.0 Å². The van der Waals surface area contributed by atoms with Crippen molar-refractivity contribution in [3.8, 4) is 51.4 Å². The number of hydrogen-bond donors (Lipinski definition) is 2. The molecule has 0 saturated carbocycles. The van der Waals surface area contributed by atoms with Gasteiger partial charge in [-0.2, -0.15) is 0 Å². The number of benzene rings is 3. The van der Waals surface area contributed by atoms with E-state index in [0.29, 0.717) is 24.0 Å². The molecule has 0 amide bonds. The van der Waals surface area contributed by atoms with Crippen molar-refractivity contribution >= 4 is 0 Å². The highest BCUT2D eigenvalue weighted by atomic mass is 16.5. The fourth-order valence-corrected chi connectivity index (χ4v) is 3.54. The summed E-state index contributed by atoms with van der Waals surface area (Å²) in [7, 11) is 0. The van der Waals surface area contributed by atoms with Crippen LogP contribution in [0.1, 0.15) is 32.6 Å². The lowest BCUT2D eigenvalue weighted by Gasteiger charge is -2.12. The summed E-state index contributed by atoms with van der Waals surface area (Å²) in [5.41, 5.74) is 1.76. The first-order chi connectivity index (χ1) is 16.2. The number of ether oxygens (including phenoxy) is 1. The summed E-state index contributed by atoms with van der Waals surface area (Å²) in [4.78, 5) is 13.8. The van der Waals surface area contributed by atoms with Crippen molar-refractivity contribution in [3.63, 3.8) is 0 Å². The molecule has 0 bridgehead atoms. The minimum Gasteiger partial charge on any atom is -0.507 e. The summed E-state index contributed by atoms with van der Waals surface area (Å²) in [5, 5.41) is 21.5. The van der Waals surface area contributed by atoms with Crippen molar-refractivity contribution in [2.24, 2.45) is 0 Å². The third kappa shape index (κ3) is 5.47. The second-order valence-corrected chi connectivity index (χ2v) is 7.78. The Labute approximate surface area is 193 Å². The van der Waals surface area contributed by atoms with Crippen LogP contribution in [0, 0.1) is 0 Å². The lowest BCUT2D eigenvalue weighted by Crippen LogP contribution is -2.01. The zero-order valence-corrected chi connectivity index (χ0v) is 18.6. The third-order valence-corrected chi connectivity index (χ3v) is 5.26. The average Bonchev–Trinajstić information content (AvgIpc) is 2.84. The monoisotopic (exact) mass is 441 g/mol. The Bertz CT molecular complexity index is 1120. The maximum absolute atomic E-state index is 10.7. The van der Waals surface area contributed by atoms with Crippen LogP contribution in [0.3, 0.4) is 0 Å². The van der Waals surface area contributed by atoms with Crippen LogP contribution in [0.25, 0.3) is 34.2 Å². The van der Waals surface area contributed by atoms with Crippen molar-refractivity contribution in [1.82, 2.24) is 15.0 Å². The average molecular weight is 442 g/mol. The second-order valence-electron chi connectivity index (χ2n) is 7.78. The van der Waals surface area contributed by atoms with Crippen molar-refractivity contribution in [2.45, 2.75) is 32.6 Å². The SMILES string of the molecule is CCCCCCOc1cc(O)c(-c2nc(-c3ccccc3)nc(-c3ccccc3)n2)c(O)c1. The van der Waals surface area contributed by atoms with Crippen LogP contribution < -0.4 is 4.74 Å². The molecule has 0 aliphatic heterocycles. The van der Waals surface area contributed by atoms with Crippen LogP contribution in [0.5, 0.6) is 17.2 Å². The number of nitrogens with zero attached hydrogens (tertiary/aromatic N) is 3. The quantitative estimate of drug-likeness (QED) is 0.299. The van der Waals surface area contributed by atoms with Gasteiger partial charge in [0.1, 0.15) is 22.8 Å². The van der Waals surface area contributed by atoms with Gasteiger partial charge in [-0.1, -0.05) is 86.8 Å². The van der Waals surface area contributed by atoms with Gasteiger partial charge >= 0.3 is 0 Å². The molecule has 4 aromatic rings. The van der Waals surface area contributed by atoms with E-state index in [4.69, 9.17) is 4.74 Å². The van der Waals surface area contributed by atoms with Crippen molar-refractivity contribution < 1.29 is 14.9 Å². The molecule has 0 aliphatic rings. The van der Waals surface area contributed by atoms with Gasteiger partial charge in [-0.05, 0) is 6.42 Å². The normalized spacial score (nSPS) is 10.8. The molecule has 0 atom stereocenters. The lowest BCUT2D eigenvalue weighted by atomic mass is 10.1. The molecule has 0 fully saturated rings. The van der Waals surface area contributed by atoms with Crippen molar-refractivity contribution in [3.05, 3.63) is 72.8 Å². The van der Waals surface area contributed by atoms with Crippen LogP contribution in [-0.4, -0.2) is 31.8 Å². The second kappa shape index (κ2) is 10.6. The van der Waals surface area contributed by atoms with Gasteiger partial charge < -0.3 is 14.9 Å². The number of hydrogen-bond acceptors (Lipinski definition) is 6. The van der Waals surface area contributed by atoms with E-state index in [0.717, 1.165) is 36.8 Å². The molecule has 33 heavy (non-hydrogen) atoms. The van der Waals surface area contributed by atoms with Gasteiger partial charge in [0, 0.05) is 23.3 Å². The molecule has 0 saturated heterocycles. The van der Waals surface area contributed by atoms with E-state index in [9.17, 15) is 10.2 Å². The van der Waals surface area contributed by atoms with E-state index in [1.807, 2.05) is 60.7 Å². The molecule has 4 rings (SSSR count). The first-order valence-electron chi connectivity index (χ1n) is 11.2. The molecule has 3 aromatic carbocycles. The van der Waals surface area contributed by atoms with Gasteiger partial charge in [-0.15, -0.1) is 0 Å². The molecular weight excluding hydrogens is 414 g/mol. The number of phenols is 2. The van der Waals surface area contributed by atoms with E-state index >= 15 is 0 Å². The Morgan fingerprint density at radius 1 is 0.667 bits per heavy atom. The molecule has 168 valence electrons. The molecular formula is C27H27N3O3. The number of phenolic OH excluding ortho intramolecular Hbond substituents is 2. The molecule has 1 heterocycles. The molecule has 0 spiro atoms. The molecule has 0 aliphatic carbocycles. The molecule has 0 radical (unpaired) electrons. The summed E-state index contributed by atoms with van der Waals surface area (Å²) in [5.74, 6) is 1.20.